The Bertz CT molecular complexity index is 871. The summed E-state index contributed by atoms with van der Waals surface area (Å²) in [4.78, 5) is 14.7. The summed E-state index contributed by atoms with van der Waals surface area (Å²) < 4.78 is 2.85. The van der Waals surface area contributed by atoms with E-state index in [2.05, 4.69) is 21.0 Å². The van der Waals surface area contributed by atoms with Crippen LogP contribution in [-0.2, 0) is 13.1 Å². The molecule has 0 saturated carbocycles. The Morgan fingerprint density at radius 3 is 2.50 bits per heavy atom. The number of carbonyl (C=O) groups is 1. The average molecular weight is 382 g/mol. The van der Waals surface area contributed by atoms with Gasteiger partial charge in [0.15, 0.2) is 0 Å². The molecule has 4 nitrogen and oxygen atoms in total. The first-order valence-corrected chi connectivity index (χ1v) is 8.67. The predicted octanol–water partition coefficient (Wildman–Crippen LogP) is 3.97. The van der Waals surface area contributed by atoms with E-state index in [0.717, 1.165) is 27.8 Å². The third-order valence-corrected chi connectivity index (χ3v) is 4.75. The normalized spacial score (nSPS) is 13.9. The molecule has 0 saturated heterocycles. The highest BCUT2D eigenvalue weighted by molar-refractivity contribution is 9.10. The standard InChI is InChI=1S/C19H16BrN3O/c20-16-8-6-15(7-9-16)17-12-18-19(24)22(10-11-23(18)21-17)13-14-4-2-1-3-5-14/h1-9,12H,10-11,13H2. The number of fused-ring (bicyclic) bond motifs is 1. The second-order valence-electron chi connectivity index (χ2n) is 5.86. The number of carbonyl (C=O) groups excluding carboxylic acids is 1. The predicted molar refractivity (Wildman–Crippen MR) is 96.5 cm³/mol. The Balaban J connectivity index is 1.60. The minimum atomic E-state index is 0.0426. The molecule has 24 heavy (non-hydrogen) atoms. The fraction of sp³-hybridized carbons (Fsp3) is 0.158. The van der Waals surface area contributed by atoms with Gasteiger partial charge in [0.2, 0.25) is 0 Å². The van der Waals surface area contributed by atoms with Gasteiger partial charge in [0.25, 0.3) is 5.91 Å². The summed E-state index contributed by atoms with van der Waals surface area (Å²) in [5.74, 6) is 0.0426. The molecular weight excluding hydrogens is 366 g/mol. The van der Waals surface area contributed by atoms with Crippen molar-refractivity contribution in [3.63, 3.8) is 0 Å². The summed E-state index contributed by atoms with van der Waals surface area (Å²) in [5, 5.41) is 4.60. The number of amides is 1. The molecule has 0 unspecified atom stereocenters. The largest absolute Gasteiger partial charge is 0.331 e. The van der Waals surface area contributed by atoms with Crippen molar-refractivity contribution >= 4 is 21.8 Å². The van der Waals surface area contributed by atoms with Crippen molar-refractivity contribution < 1.29 is 4.79 Å². The summed E-state index contributed by atoms with van der Waals surface area (Å²) in [6.07, 6.45) is 0. The molecule has 5 heteroatoms. The summed E-state index contributed by atoms with van der Waals surface area (Å²) in [6.45, 7) is 2.05. The molecule has 2 heterocycles. The molecule has 1 aliphatic rings. The number of aromatic nitrogens is 2. The lowest BCUT2D eigenvalue weighted by Gasteiger charge is -2.27. The maximum Gasteiger partial charge on any atom is 0.272 e. The van der Waals surface area contributed by atoms with Crippen LogP contribution in [0.1, 0.15) is 16.1 Å². The monoisotopic (exact) mass is 381 g/mol. The Morgan fingerprint density at radius 2 is 1.75 bits per heavy atom. The first-order valence-electron chi connectivity index (χ1n) is 7.88. The molecule has 1 aromatic heterocycles. The minimum absolute atomic E-state index is 0.0426. The molecule has 0 bridgehead atoms. The Labute approximate surface area is 148 Å². The molecule has 0 radical (unpaired) electrons. The molecule has 0 fully saturated rings. The molecular formula is C19H16BrN3O. The second-order valence-corrected chi connectivity index (χ2v) is 6.77. The molecule has 0 aliphatic carbocycles. The van der Waals surface area contributed by atoms with Gasteiger partial charge in [-0.2, -0.15) is 5.10 Å². The fourth-order valence-corrected chi connectivity index (χ4v) is 3.22. The van der Waals surface area contributed by atoms with Crippen molar-refractivity contribution in [2.75, 3.05) is 6.54 Å². The maximum atomic E-state index is 12.8. The zero-order valence-corrected chi connectivity index (χ0v) is 14.6. The van der Waals surface area contributed by atoms with Gasteiger partial charge < -0.3 is 4.90 Å². The van der Waals surface area contributed by atoms with E-state index in [1.165, 1.54) is 0 Å². The van der Waals surface area contributed by atoms with Crippen LogP contribution in [0.2, 0.25) is 0 Å². The molecule has 2 aromatic carbocycles. The fourth-order valence-electron chi connectivity index (χ4n) is 2.95. The van der Waals surface area contributed by atoms with Crippen LogP contribution < -0.4 is 0 Å². The lowest BCUT2D eigenvalue weighted by molar-refractivity contribution is 0.0683. The van der Waals surface area contributed by atoms with Gasteiger partial charge in [0.05, 0.1) is 12.2 Å². The third-order valence-electron chi connectivity index (χ3n) is 4.22. The number of hydrogen-bond donors (Lipinski definition) is 0. The minimum Gasteiger partial charge on any atom is -0.331 e. The van der Waals surface area contributed by atoms with Gasteiger partial charge in [0, 0.05) is 23.1 Å². The first kappa shape index (κ1) is 15.1. The number of hydrogen-bond acceptors (Lipinski definition) is 2. The van der Waals surface area contributed by atoms with E-state index in [-0.39, 0.29) is 5.91 Å². The Kier molecular flexibility index (Phi) is 3.94. The van der Waals surface area contributed by atoms with Crippen molar-refractivity contribution in [3.05, 3.63) is 76.4 Å². The molecule has 0 N–H and O–H groups in total. The summed E-state index contributed by atoms with van der Waals surface area (Å²) in [6, 6.07) is 20.0. The summed E-state index contributed by atoms with van der Waals surface area (Å²) in [7, 11) is 0. The molecule has 120 valence electrons. The highest BCUT2D eigenvalue weighted by atomic mass is 79.9. The van der Waals surface area contributed by atoms with Crippen LogP contribution in [0, 0.1) is 0 Å². The lowest BCUT2D eigenvalue weighted by atomic mass is 10.1. The molecule has 1 amide bonds. The van der Waals surface area contributed by atoms with Gasteiger partial charge in [-0.05, 0) is 23.8 Å². The quantitative estimate of drug-likeness (QED) is 0.688. The number of halogens is 1. The molecule has 3 aromatic rings. The van der Waals surface area contributed by atoms with Crippen molar-refractivity contribution in [1.82, 2.24) is 14.7 Å². The van der Waals surface area contributed by atoms with Crippen LogP contribution in [0.15, 0.2) is 65.1 Å². The van der Waals surface area contributed by atoms with Crippen LogP contribution in [0.25, 0.3) is 11.3 Å². The van der Waals surface area contributed by atoms with Gasteiger partial charge in [-0.15, -0.1) is 0 Å². The van der Waals surface area contributed by atoms with Crippen molar-refractivity contribution in [2.24, 2.45) is 0 Å². The van der Waals surface area contributed by atoms with Gasteiger partial charge in [-0.25, -0.2) is 0 Å². The van der Waals surface area contributed by atoms with E-state index in [4.69, 9.17) is 0 Å². The van der Waals surface area contributed by atoms with E-state index in [1.54, 1.807) is 0 Å². The zero-order valence-electron chi connectivity index (χ0n) is 13.0. The van der Waals surface area contributed by atoms with Gasteiger partial charge in [0.1, 0.15) is 5.69 Å². The van der Waals surface area contributed by atoms with Crippen LogP contribution >= 0.6 is 15.9 Å². The van der Waals surface area contributed by atoms with E-state index >= 15 is 0 Å². The summed E-state index contributed by atoms with van der Waals surface area (Å²) >= 11 is 3.44. The molecule has 0 spiro atoms. The summed E-state index contributed by atoms with van der Waals surface area (Å²) in [5.41, 5.74) is 3.66. The zero-order chi connectivity index (χ0) is 16.5. The van der Waals surface area contributed by atoms with Crippen LogP contribution in [0.3, 0.4) is 0 Å². The topological polar surface area (TPSA) is 38.1 Å². The van der Waals surface area contributed by atoms with Crippen molar-refractivity contribution in [2.45, 2.75) is 13.1 Å². The van der Waals surface area contributed by atoms with Crippen molar-refractivity contribution in [1.29, 1.82) is 0 Å². The van der Waals surface area contributed by atoms with Crippen LogP contribution in [0.5, 0.6) is 0 Å². The lowest BCUT2D eigenvalue weighted by Crippen LogP contribution is -2.39. The van der Waals surface area contributed by atoms with Crippen molar-refractivity contribution in [3.8, 4) is 11.3 Å². The highest BCUT2D eigenvalue weighted by Crippen LogP contribution is 2.24. The van der Waals surface area contributed by atoms with Crippen LogP contribution in [-0.4, -0.2) is 27.1 Å². The number of rotatable bonds is 3. The Hall–Kier alpha value is -2.40. The molecule has 1 aliphatic heterocycles. The molecule has 0 atom stereocenters. The third kappa shape index (κ3) is 2.87. The number of benzene rings is 2. The first-order chi connectivity index (χ1) is 11.7. The second kappa shape index (κ2) is 6.24. The van der Waals surface area contributed by atoms with E-state index < -0.39 is 0 Å². The van der Waals surface area contributed by atoms with Gasteiger partial charge >= 0.3 is 0 Å². The van der Waals surface area contributed by atoms with E-state index in [0.29, 0.717) is 18.8 Å². The maximum absolute atomic E-state index is 12.8. The van der Waals surface area contributed by atoms with Gasteiger partial charge in [-0.3, -0.25) is 9.48 Å². The molecule has 4 rings (SSSR count). The van der Waals surface area contributed by atoms with Crippen LogP contribution in [0.4, 0.5) is 0 Å². The van der Waals surface area contributed by atoms with E-state index in [1.807, 2.05) is 70.2 Å². The average Bonchev–Trinajstić information content (AvgIpc) is 3.04. The smallest absolute Gasteiger partial charge is 0.272 e. The highest BCUT2D eigenvalue weighted by Gasteiger charge is 2.26. The van der Waals surface area contributed by atoms with Gasteiger partial charge in [-0.1, -0.05) is 58.4 Å². The SMILES string of the molecule is O=C1c2cc(-c3ccc(Br)cc3)nn2CCN1Cc1ccccc1. The Morgan fingerprint density at radius 1 is 1.00 bits per heavy atom. The number of nitrogens with zero attached hydrogens (tertiary/aromatic N) is 3. The van der Waals surface area contributed by atoms with E-state index in [9.17, 15) is 4.79 Å².